The first-order chi connectivity index (χ1) is 17.5. The minimum atomic E-state index is -0.398. The van der Waals surface area contributed by atoms with Crippen molar-refractivity contribution in [2.45, 2.75) is 44.4 Å². The van der Waals surface area contributed by atoms with Gasteiger partial charge in [0.1, 0.15) is 5.52 Å². The summed E-state index contributed by atoms with van der Waals surface area (Å²) in [4.78, 5) is 27.6. The van der Waals surface area contributed by atoms with Crippen molar-refractivity contribution in [3.05, 3.63) is 42.2 Å². The standard InChI is InChI=1S/C26H30N6O4/c1-35-23-5-3-17-24(31-23)19(6-9-27-17)32-10-7-26(8-11-32)12-18(20(33)13-26)28-14-16-2-4-21-25(29-16)30-22(34)15-36-21/h2-6,9,18,20,28,33H,7-8,10-15H2,1H3,(H,29,30,34)/t18-,20-/m0/s1. The van der Waals surface area contributed by atoms with Gasteiger partial charge in [-0.15, -0.1) is 0 Å². The number of rotatable bonds is 5. The number of piperidine rings is 1. The van der Waals surface area contributed by atoms with Crippen LogP contribution in [0.4, 0.5) is 11.5 Å². The van der Waals surface area contributed by atoms with E-state index in [1.165, 1.54) is 0 Å². The molecular weight excluding hydrogens is 460 g/mol. The van der Waals surface area contributed by atoms with Crippen LogP contribution < -0.4 is 25.0 Å². The quantitative estimate of drug-likeness (QED) is 0.494. The SMILES string of the molecule is COc1ccc2nccc(N3CCC4(CC3)C[C@H](NCc3ccc5c(n3)NC(=O)CO5)[C@@H](O)C4)c2n1. The zero-order valence-electron chi connectivity index (χ0n) is 20.2. The van der Waals surface area contributed by atoms with Gasteiger partial charge < -0.3 is 30.1 Å². The highest BCUT2D eigenvalue weighted by Crippen LogP contribution is 2.47. The van der Waals surface area contributed by atoms with Crippen molar-refractivity contribution in [3.8, 4) is 11.6 Å². The normalized spacial score (nSPS) is 22.8. The first-order valence-electron chi connectivity index (χ1n) is 12.4. The highest BCUT2D eigenvalue weighted by atomic mass is 16.5. The summed E-state index contributed by atoms with van der Waals surface area (Å²) < 4.78 is 10.7. The number of fused-ring (bicyclic) bond motifs is 2. The average Bonchev–Trinajstić information content (AvgIpc) is 3.21. The molecule has 36 heavy (non-hydrogen) atoms. The predicted octanol–water partition coefficient (Wildman–Crippen LogP) is 2.26. The number of carbonyl (C=O) groups excluding carboxylic acids is 1. The van der Waals surface area contributed by atoms with Crippen LogP contribution in [0.15, 0.2) is 36.5 Å². The maximum absolute atomic E-state index is 11.6. The van der Waals surface area contributed by atoms with Crippen molar-refractivity contribution in [1.82, 2.24) is 20.3 Å². The molecule has 2 atom stereocenters. The first kappa shape index (κ1) is 22.9. The minimum Gasteiger partial charge on any atom is -0.481 e. The molecule has 3 aliphatic rings. The van der Waals surface area contributed by atoms with E-state index in [1.54, 1.807) is 7.11 Å². The molecule has 0 bridgehead atoms. The van der Waals surface area contributed by atoms with Gasteiger partial charge in [-0.1, -0.05) is 0 Å². The fourth-order valence-electron chi connectivity index (χ4n) is 5.81. The molecule has 5 heterocycles. The lowest BCUT2D eigenvalue weighted by atomic mass is 9.76. The van der Waals surface area contributed by atoms with Gasteiger partial charge in [0.15, 0.2) is 18.2 Å². The Balaban J connectivity index is 1.10. The molecule has 10 heteroatoms. The van der Waals surface area contributed by atoms with Gasteiger partial charge in [0, 0.05) is 37.9 Å². The molecule has 6 rings (SSSR count). The van der Waals surface area contributed by atoms with Crippen LogP contribution in [0, 0.1) is 5.41 Å². The second-order valence-electron chi connectivity index (χ2n) is 9.99. The van der Waals surface area contributed by atoms with E-state index in [0.717, 1.165) is 61.2 Å². The lowest BCUT2D eigenvalue weighted by Crippen LogP contribution is -2.40. The summed E-state index contributed by atoms with van der Waals surface area (Å²) in [7, 11) is 1.62. The maximum atomic E-state index is 11.6. The van der Waals surface area contributed by atoms with Crippen LogP contribution in [-0.4, -0.2) is 64.9 Å². The Morgan fingerprint density at radius 1 is 1.19 bits per heavy atom. The van der Waals surface area contributed by atoms with Crippen molar-refractivity contribution in [2.75, 3.05) is 37.0 Å². The number of aliphatic hydroxyl groups excluding tert-OH is 1. The number of nitrogens with zero attached hydrogens (tertiary/aromatic N) is 4. The van der Waals surface area contributed by atoms with Crippen LogP contribution >= 0.6 is 0 Å². The zero-order valence-corrected chi connectivity index (χ0v) is 20.2. The van der Waals surface area contributed by atoms with Gasteiger partial charge in [0.2, 0.25) is 5.88 Å². The van der Waals surface area contributed by atoms with Crippen molar-refractivity contribution in [1.29, 1.82) is 0 Å². The van der Waals surface area contributed by atoms with E-state index >= 15 is 0 Å². The van der Waals surface area contributed by atoms with E-state index in [1.807, 2.05) is 36.5 Å². The van der Waals surface area contributed by atoms with E-state index in [2.05, 4.69) is 30.5 Å². The van der Waals surface area contributed by atoms with Gasteiger partial charge in [-0.3, -0.25) is 9.78 Å². The van der Waals surface area contributed by atoms with E-state index in [-0.39, 0.29) is 24.0 Å². The highest BCUT2D eigenvalue weighted by molar-refractivity contribution is 5.94. The third-order valence-electron chi connectivity index (χ3n) is 7.75. The van der Waals surface area contributed by atoms with E-state index in [4.69, 9.17) is 9.47 Å². The molecule has 2 fully saturated rings. The molecule has 188 valence electrons. The number of carbonyl (C=O) groups is 1. The topological polar surface area (TPSA) is 122 Å². The van der Waals surface area contributed by atoms with Crippen molar-refractivity contribution >= 4 is 28.4 Å². The van der Waals surface area contributed by atoms with E-state index < -0.39 is 6.10 Å². The van der Waals surface area contributed by atoms with Crippen LogP contribution in [0.25, 0.3) is 11.0 Å². The van der Waals surface area contributed by atoms with Crippen LogP contribution in [-0.2, 0) is 11.3 Å². The Kier molecular flexibility index (Phi) is 5.85. The smallest absolute Gasteiger partial charge is 0.263 e. The molecule has 1 saturated carbocycles. The summed E-state index contributed by atoms with van der Waals surface area (Å²) in [5.41, 5.74) is 3.72. The number of aliphatic hydroxyl groups is 1. The monoisotopic (exact) mass is 490 g/mol. The molecule has 3 aromatic rings. The molecular formula is C26H30N6O4. The molecule has 1 spiro atoms. The second kappa shape index (κ2) is 9.18. The van der Waals surface area contributed by atoms with Gasteiger partial charge >= 0.3 is 0 Å². The Morgan fingerprint density at radius 3 is 2.89 bits per heavy atom. The Labute approximate surface area is 209 Å². The molecule has 0 unspecified atom stereocenters. The number of ether oxygens (including phenoxy) is 2. The summed E-state index contributed by atoms with van der Waals surface area (Å²) >= 11 is 0. The van der Waals surface area contributed by atoms with Crippen LogP contribution in [0.3, 0.4) is 0 Å². The number of hydrogen-bond donors (Lipinski definition) is 3. The summed E-state index contributed by atoms with van der Waals surface area (Å²) in [6.45, 7) is 2.35. The maximum Gasteiger partial charge on any atom is 0.263 e. The number of aromatic nitrogens is 3. The second-order valence-corrected chi connectivity index (χ2v) is 9.99. The number of hydrogen-bond acceptors (Lipinski definition) is 9. The lowest BCUT2D eigenvalue weighted by Gasteiger charge is -2.40. The molecule has 1 amide bonds. The third-order valence-corrected chi connectivity index (χ3v) is 7.75. The molecule has 3 aromatic heterocycles. The Bertz CT molecular complexity index is 1290. The Hall–Kier alpha value is -3.50. The molecule has 0 aromatic carbocycles. The number of nitrogens with one attached hydrogen (secondary N) is 2. The van der Waals surface area contributed by atoms with E-state index in [0.29, 0.717) is 24.0 Å². The number of pyridine rings is 3. The van der Waals surface area contributed by atoms with Crippen LogP contribution in [0.5, 0.6) is 11.6 Å². The summed E-state index contributed by atoms with van der Waals surface area (Å²) in [5.74, 6) is 1.42. The average molecular weight is 491 g/mol. The summed E-state index contributed by atoms with van der Waals surface area (Å²) in [6, 6.07) is 9.53. The van der Waals surface area contributed by atoms with Crippen molar-refractivity contribution in [2.24, 2.45) is 5.41 Å². The first-order valence-corrected chi connectivity index (χ1v) is 12.4. The highest BCUT2D eigenvalue weighted by Gasteiger charge is 2.46. The zero-order chi connectivity index (χ0) is 24.7. The number of anilines is 2. The Morgan fingerprint density at radius 2 is 2.06 bits per heavy atom. The molecule has 3 N–H and O–H groups in total. The molecule has 1 aliphatic carbocycles. The fraction of sp³-hybridized carbons (Fsp3) is 0.462. The molecule has 1 saturated heterocycles. The molecule has 2 aliphatic heterocycles. The van der Waals surface area contributed by atoms with Crippen LogP contribution in [0.2, 0.25) is 0 Å². The molecule has 0 radical (unpaired) electrons. The van der Waals surface area contributed by atoms with Crippen molar-refractivity contribution < 1.29 is 19.4 Å². The summed E-state index contributed by atoms with van der Waals surface area (Å²) in [6.07, 6.45) is 5.18. The van der Waals surface area contributed by atoms with E-state index in [9.17, 15) is 9.90 Å². The molecule has 10 nitrogen and oxygen atoms in total. The van der Waals surface area contributed by atoms with Crippen molar-refractivity contribution in [3.63, 3.8) is 0 Å². The van der Waals surface area contributed by atoms with Crippen LogP contribution in [0.1, 0.15) is 31.4 Å². The van der Waals surface area contributed by atoms with Gasteiger partial charge in [-0.25, -0.2) is 9.97 Å². The van der Waals surface area contributed by atoms with Gasteiger partial charge in [0.05, 0.1) is 30.1 Å². The number of methoxy groups -OCH3 is 1. The predicted molar refractivity (Wildman–Crippen MR) is 134 cm³/mol. The lowest BCUT2D eigenvalue weighted by molar-refractivity contribution is -0.118. The third kappa shape index (κ3) is 4.31. The van der Waals surface area contributed by atoms with Gasteiger partial charge in [-0.2, -0.15) is 0 Å². The minimum absolute atomic E-state index is 0.00732. The fourth-order valence-corrected chi connectivity index (χ4v) is 5.81. The van der Waals surface area contributed by atoms with Gasteiger partial charge in [0.25, 0.3) is 5.91 Å². The summed E-state index contributed by atoms with van der Waals surface area (Å²) in [5, 5.41) is 17.1. The number of amides is 1. The van der Waals surface area contributed by atoms with Gasteiger partial charge in [-0.05, 0) is 55.4 Å². The largest absolute Gasteiger partial charge is 0.481 e.